The van der Waals surface area contributed by atoms with Crippen LogP contribution in [0.5, 0.6) is 5.75 Å². The summed E-state index contributed by atoms with van der Waals surface area (Å²) in [5, 5.41) is 12.5. The molecule has 130 valence electrons. The van der Waals surface area contributed by atoms with Crippen molar-refractivity contribution >= 4 is 21.6 Å². The molecule has 1 aromatic carbocycles. The molecule has 1 aromatic heterocycles. The molecule has 0 aliphatic carbocycles. The lowest BCUT2D eigenvalue weighted by molar-refractivity contribution is -0.146. The third-order valence-electron chi connectivity index (χ3n) is 3.46. The summed E-state index contributed by atoms with van der Waals surface area (Å²) >= 11 is 5.68. The van der Waals surface area contributed by atoms with Crippen molar-refractivity contribution in [2.45, 2.75) is 17.0 Å². The molecule has 0 unspecified atom stereocenters. The van der Waals surface area contributed by atoms with Gasteiger partial charge in [0.2, 0.25) is 15.9 Å². The van der Waals surface area contributed by atoms with Crippen molar-refractivity contribution in [3.8, 4) is 5.75 Å². The van der Waals surface area contributed by atoms with Gasteiger partial charge in [0.15, 0.2) is 5.75 Å². The van der Waals surface area contributed by atoms with Gasteiger partial charge in [-0.15, -0.1) is 0 Å². The number of sulfonamides is 1. The third kappa shape index (κ3) is 2.82. The van der Waals surface area contributed by atoms with E-state index in [9.17, 15) is 26.7 Å². The van der Waals surface area contributed by atoms with Crippen molar-refractivity contribution in [1.82, 2.24) is 14.4 Å². The molecule has 0 atom stereocenters. The minimum Gasteiger partial charge on any atom is -0.505 e. The largest absolute Gasteiger partial charge is 0.505 e. The zero-order valence-corrected chi connectivity index (χ0v) is 13.2. The zero-order valence-electron chi connectivity index (χ0n) is 11.7. The smallest absolute Gasteiger partial charge is 0.455 e. The maximum atomic E-state index is 12.4. The van der Waals surface area contributed by atoms with Gasteiger partial charge < -0.3 is 9.63 Å². The lowest BCUT2D eigenvalue weighted by Gasteiger charge is -2.35. The predicted molar refractivity (Wildman–Crippen MR) is 73.9 cm³/mol. The fraction of sp³-hybridized carbons (Fsp3) is 0.333. The molecule has 3 rings (SSSR count). The number of phenolic OH excluding ortho intramolecular Hbond substituents is 1. The van der Waals surface area contributed by atoms with Crippen LogP contribution in [0.25, 0.3) is 0 Å². The van der Waals surface area contributed by atoms with Gasteiger partial charge in [-0.25, -0.2) is 8.42 Å². The normalized spacial score (nSPS) is 17.0. The van der Waals surface area contributed by atoms with Gasteiger partial charge in [0.1, 0.15) is 4.90 Å². The second kappa shape index (κ2) is 5.60. The second-order valence-electron chi connectivity index (χ2n) is 5.06. The molecule has 1 aliphatic rings. The average molecular weight is 384 g/mol. The molecular weight excluding hydrogens is 375 g/mol. The molecule has 1 saturated heterocycles. The van der Waals surface area contributed by atoms with Crippen molar-refractivity contribution < 1.29 is 31.2 Å². The molecule has 0 saturated carbocycles. The lowest BCUT2D eigenvalue weighted by Crippen LogP contribution is -2.48. The molecule has 2 aromatic rings. The van der Waals surface area contributed by atoms with E-state index < -0.39 is 33.7 Å². The Hall–Kier alpha value is -1.85. The molecule has 0 spiro atoms. The van der Waals surface area contributed by atoms with Crippen LogP contribution in [0.2, 0.25) is 5.02 Å². The summed E-state index contributed by atoms with van der Waals surface area (Å²) in [5.74, 6) is -2.93. The highest BCUT2D eigenvalue weighted by atomic mass is 35.5. The van der Waals surface area contributed by atoms with E-state index in [1.807, 2.05) is 0 Å². The van der Waals surface area contributed by atoms with E-state index in [1.54, 1.807) is 0 Å². The number of hydrogen-bond donors (Lipinski definition) is 1. The summed E-state index contributed by atoms with van der Waals surface area (Å²) < 4.78 is 67.6. The fourth-order valence-corrected chi connectivity index (χ4v) is 4.02. The first-order valence-electron chi connectivity index (χ1n) is 6.49. The molecule has 24 heavy (non-hydrogen) atoms. The number of aromatic nitrogens is 2. The molecule has 0 bridgehead atoms. The van der Waals surface area contributed by atoms with Crippen molar-refractivity contribution in [2.24, 2.45) is 0 Å². The summed E-state index contributed by atoms with van der Waals surface area (Å²) in [6.07, 6.45) is -4.73. The van der Waals surface area contributed by atoms with Gasteiger partial charge >= 0.3 is 6.18 Å². The Morgan fingerprint density at radius 1 is 1.33 bits per heavy atom. The molecule has 0 radical (unpaired) electrons. The molecule has 1 N–H and O–H groups in total. The van der Waals surface area contributed by atoms with Crippen molar-refractivity contribution in [2.75, 3.05) is 13.1 Å². The van der Waals surface area contributed by atoms with Gasteiger partial charge in [-0.2, -0.15) is 22.5 Å². The van der Waals surface area contributed by atoms with Crippen LogP contribution >= 0.6 is 11.6 Å². The molecule has 1 aliphatic heterocycles. The van der Waals surface area contributed by atoms with Gasteiger partial charge in [-0.1, -0.05) is 22.8 Å². The van der Waals surface area contributed by atoms with Crippen molar-refractivity contribution in [3.05, 3.63) is 34.9 Å². The number of phenols is 1. The van der Waals surface area contributed by atoms with Gasteiger partial charge in [0.05, 0.1) is 10.9 Å². The summed E-state index contributed by atoms with van der Waals surface area (Å²) in [7, 11) is -4.03. The van der Waals surface area contributed by atoms with Gasteiger partial charge in [0.25, 0.3) is 5.82 Å². The number of halogens is 4. The highest BCUT2D eigenvalue weighted by Gasteiger charge is 2.44. The maximum absolute atomic E-state index is 12.4. The Kier molecular flexibility index (Phi) is 3.97. The number of benzene rings is 1. The Morgan fingerprint density at radius 3 is 2.58 bits per heavy atom. The molecule has 12 heteroatoms. The number of nitrogens with zero attached hydrogens (tertiary/aromatic N) is 3. The minimum atomic E-state index is -4.73. The third-order valence-corrected chi connectivity index (χ3v) is 5.63. The van der Waals surface area contributed by atoms with Crippen LogP contribution in [0.4, 0.5) is 13.2 Å². The van der Waals surface area contributed by atoms with E-state index in [2.05, 4.69) is 14.7 Å². The quantitative estimate of drug-likeness (QED) is 0.873. The number of alkyl halides is 3. The van der Waals surface area contributed by atoms with E-state index in [0.717, 1.165) is 4.31 Å². The van der Waals surface area contributed by atoms with Crippen LogP contribution in [0.1, 0.15) is 17.6 Å². The zero-order chi connectivity index (χ0) is 17.7. The lowest BCUT2D eigenvalue weighted by atomic mass is 10.0. The summed E-state index contributed by atoms with van der Waals surface area (Å²) in [6, 6.07) is 3.87. The summed E-state index contributed by atoms with van der Waals surface area (Å²) in [4.78, 5) is 2.85. The Morgan fingerprint density at radius 2 is 2.00 bits per heavy atom. The predicted octanol–water partition coefficient (Wildman–Crippen LogP) is 2.24. The maximum Gasteiger partial charge on any atom is 0.455 e. The van der Waals surface area contributed by atoms with Crippen LogP contribution in [-0.2, 0) is 16.2 Å². The topological polar surface area (TPSA) is 96.5 Å². The Balaban J connectivity index is 1.76. The van der Waals surface area contributed by atoms with Gasteiger partial charge in [0, 0.05) is 13.1 Å². The Bertz CT molecular complexity index is 878. The SMILES string of the molecule is O=S(=O)(c1cccc(Cl)c1O)N1CC(c2nc(C(F)(F)F)no2)C1. The van der Waals surface area contributed by atoms with Gasteiger partial charge in [-0.05, 0) is 12.1 Å². The highest BCUT2D eigenvalue weighted by Crippen LogP contribution is 2.37. The monoisotopic (exact) mass is 383 g/mol. The minimum absolute atomic E-state index is 0.125. The molecular formula is C12H9ClF3N3O4S. The van der Waals surface area contributed by atoms with Gasteiger partial charge in [-0.3, -0.25) is 0 Å². The first kappa shape index (κ1) is 17.0. The molecule has 0 amide bonds. The standard InChI is InChI=1S/C12H9ClF3N3O4S/c13-7-2-1-3-8(9(7)20)24(21,22)19-4-6(5-19)10-17-11(18-23-10)12(14,15)16/h1-3,6,20H,4-5H2. The molecule has 2 heterocycles. The molecule has 1 fully saturated rings. The van der Waals surface area contributed by atoms with Crippen molar-refractivity contribution in [3.63, 3.8) is 0 Å². The number of aromatic hydroxyl groups is 1. The van der Waals surface area contributed by atoms with Crippen LogP contribution in [-0.4, -0.2) is 41.1 Å². The van der Waals surface area contributed by atoms with E-state index in [4.69, 9.17) is 11.6 Å². The first-order valence-corrected chi connectivity index (χ1v) is 8.31. The second-order valence-corrected chi connectivity index (χ2v) is 7.37. The number of para-hydroxylation sites is 1. The Labute approximate surface area is 138 Å². The fourth-order valence-electron chi connectivity index (χ4n) is 2.15. The summed E-state index contributed by atoms with van der Waals surface area (Å²) in [6.45, 7) is -0.290. The molecule has 7 nitrogen and oxygen atoms in total. The van der Waals surface area contributed by atoms with E-state index >= 15 is 0 Å². The van der Waals surface area contributed by atoms with E-state index in [0.29, 0.717) is 0 Å². The highest BCUT2D eigenvalue weighted by molar-refractivity contribution is 7.89. The van der Waals surface area contributed by atoms with E-state index in [-0.39, 0.29) is 28.9 Å². The average Bonchev–Trinajstić information content (AvgIpc) is 2.89. The number of hydrogen-bond acceptors (Lipinski definition) is 6. The first-order chi connectivity index (χ1) is 11.1. The number of rotatable bonds is 3. The van der Waals surface area contributed by atoms with Crippen LogP contribution < -0.4 is 0 Å². The van der Waals surface area contributed by atoms with E-state index in [1.165, 1.54) is 18.2 Å². The summed E-state index contributed by atoms with van der Waals surface area (Å²) in [5.41, 5.74) is 0. The van der Waals surface area contributed by atoms with Crippen molar-refractivity contribution in [1.29, 1.82) is 0 Å². The van der Waals surface area contributed by atoms with Crippen LogP contribution in [0.15, 0.2) is 27.6 Å². The van der Waals surface area contributed by atoms with Crippen LogP contribution in [0.3, 0.4) is 0 Å². The van der Waals surface area contributed by atoms with Crippen LogP contribution in [0, 0.1) is 0 Å².